The Hall–Kier alpha value is -1.84. The lowest BCUT2D eigenvalue weighted by molar-refractivity contribution is 0.374. The molecular formula is C13H16N2O2. The van der Waals surface area contributed by atoms with Gasteiger partial charge in [0.15, 0.2) is 5.82 Å². The number of hydrogen-bond donors (Lipinski definition) is 1. The third-order valence-corrected chi connectivity index (χ3v) is 2.29. The number of para-hydroxylation sites is 1. The predicted molar refractivity (Wildman–Crippen MR) is 64.6 cm³/mol. The van der Waals surface area contributed by atoms with Crippen molar-refractivity contribution in [3.8, 4) is 17.2 Å². The Kier molecular flexibility index (Phi) is 2.88. The monoisotopic (exact) mass is 232 g/mol. The second-order valence-electron chi connectivity index (χ2n) is 5.27. The number of hydrogen-bond acceptors (Lipinski definition) is 4. The van der Waals surface area contributed by atoms with E-state index in [4.69, 9.17) is 4.52 Å². The van der Waals surface area contributed by atoms with Gasteiger partial charge >= 0.3 is 0 Å². The van der Waals surface area contributed by atoms with E-state index in [0.717, 1.165) is 6.42 Å². The number of benzene rings is 1. The lowest BCUT2D eigenvalue weighted by Gasteiger charge is -2.14. The summed E-state index contributed by atoms with van der Waals surface area (Å²) in [6.45, 7) is 6.34. The summed E-state index contributed by atoms with van der Waals surface area (Å²) in [6, 6.07) is 6.93. The summed E-state index contributed by atoms with van der Waals surface area (Å²) in [5.74, 6) is 1.18. The Bertz CT molecular complexity index is 512. The van der Waals surface area contributed by atoms with Gasteiger partial charge in [-0.05, 0) is 17.5 Å². The molecule has 0 unspecified atom stereocenters. The molecule has 2 aromatic rings. The average Bonchev–Trinajstić information content (AvgIpc) is 2.64. The highest BCUT2D eigenvalue weighted by Gasteiger charge is 2.17. The van der Waals surface area contributed by atoms with E-state index in [2.05, 4.69) is 30.9 Å². The topological polar surface area (TPSA) is 59.2 Å². The molecule has 0 bridgehead atoms. The number of phenols is 1. The zero-order valence-electron chi connectivity index (χ0n) is 10.3. The van der Waals surface area contributed by atoms with Gasteiger partial charge < -0.3 is 9.63 Å². The molecule has 0 saturated heterocycles. The van der Waals surface area contributed by atoms with Crippen molar-refractivity contribution in [3.63, 3.8) is 0 Å². The fraction of sp³-hybridized carbons (Fsp3) is 0.385. The maximum absolute atomic E-state index is 9.68. The van der Waals surface area contributed by atoms with Gasteiger partial charge in [-0.1, -0.05) is 38.1 Å². The van der Waals surface area contributed by atoms with Gasteiger partial charge in [-0.15, -0.1) is 0 Å². The summed E-state index contributed by atoms with van der Waals surface area (Å²) in [4.78, 5) is 4.29. The molecule has 1 aromatic heterocycles. The van der Waals surface area contributed by atoms with Crippen LogP contribution in [0.2, 0.25) is 0 Å². The molecule has 1 aromatic carbocycles. The Balaban J connectivity index is 2.28. The molecule has 0 radical (unpaired) electrons. The third-order valence-electron chi connectivity index (χ3n) is 2.29. The second-order valence-corrected chi connectivity index (χ2v) is 5.27. The van der Waals surface area contributed by atoms with Crippen LogP contribution in [0.4, 0.5) is 0 Å². The Morgan fingerprint density at radius 2 is 1.94 bits per heavy atom. The summed E-state index contributed by atoms with van der Waals surface area (Å²) in [5, 5.41) is 13.6. The fourth-order valence-corrected chi connectivity index (χ4v) is 1.56. The van der Waals surface area contributed by atoms with Gasteiger partial charge in [-0.25, -0.2) is 0 Å². The van der Waals surface area contributed by atoms with Crippen LogP contribution in [0.25, 0.3) is 11.5 Å². The van der Waals surface area contributed by atoms with Crippen LogP contribution in [0.5, 0.6) is 5.75 Å². The van der Waals surface area contributed by atoms with Crippen LogP contribution in [0.15, 0.2) is 28.8 Å². The van der Waals surface area contributed by atoms with E-state index in [1.54, 1.807) is 18.2 Å². The van der Waals surface area contributed by atoms with Crippen LogP contribution in [0, 0.1) is 5.41 Å². The zero-order chi connectivity index (χ0) is 12.5. The number of aromatic hydroxyl groups is 1. The molecular weight excluding hydrogens is 216 g/mol. The predicted octanol–water partition coefficient (Wildman–Crippen LogP) is 3.03. The van der Waals surface area contributed by atoms with Crippen LogP contribution in [0.1, 0.15) is 26.6 Å². The van der Waals surface area contributed by atoms with Gasteiger partial charge in [0.1, 0.15) is 5.75 Å². The first-order valence-electron chi connectivity index (χ1n) is 5.57. The standard InChI is InChI=1S/C13H16N2O2/c1-13(2,3)8-11-14-12(17-15-11)9-6-4-5-7-10(9)16/h4-7,16H,8H2,1-3H3. The molecule has 0 fully saturated rings. The minimum atomic E-state index is 0.111. The van der Waals surface area contributed by atoms with Crippen molar-refractivity contribution >= 4 is 0 Å². The van der Waals surface area contributed by atoms with Crippen molar-refractivity contribution in [3.05, 3.63) is 30.1 Å². The van der Waals surface area contributed by atoms with E-state index < -0.39 is 0 Å². The maximum atomic E-state index is 9.68. The van der Waals surface area contributed by atoms with E-state index in [1.165, 1.54) is 0 Å². The molecule has 0 aliphatic rings. The van der Waals surface area contributed by atoms with Crippen LogP contribution in [0.3, 0.4) is 0 Å². The first kappa shape index (κ1) is 11.6. The highest BCUT2D eigenvalue weighted by Crippen LogP contribution is 2.28. The van der Waals surface area contributed by atoms with Crippen molar-refractivity contribution < 1.29 is 9.63 Å². The number of phenolic OH excluding ortho intramolecular Hbond substituents is 1. The molecule has 2 rings (SSSR count). The first-order valence-corrected chi connectivity index (χ1v) is 5.57. The molecule has 0 spiro atoms. The fourth-order valence-electron chi connectivity index (χ4n) is 1.56. The number of aromatic nitrogens is 2. The maximum Gasteiger partial charge on any atom is 0.261 e. The van der Waals surface area contributed by atoms with Gasteiger partial charge in [-0.2, -0.15) is 4.98 Å². The van der Waals surface area contributed by atoms with Crippen LogP contribution < -0.4 is 0 Å². The molecule has 0 amide bonds. The molecule has 0 aliphatic heterocycles. The van der Waals surface area contributed by atoms with Crippen molar-refractivity contribution in [1.29, 1.82) is 0 Å². The lowest BCUT2D eigenvalue weighted by Crippen LogP contribution is -2.10. The summed E-state index contributed by atoms with van der Waals surface area (Å²) in [6.07, 6.45) is 0.740. The number of rotatable bonds is 2. The van der Waals surface area contributed by atoms with E-state index in [-0.39, 0.29) is 11.2 Å². The smallest absolute Gasteiger partial charge is 0.261 e. The molecule has 0 aliphatic carbocycles. The quantitative estimate of drug-likeness (QED) is 0.864. The molecule has 1 N–H and O–H groups in total. The average molecular weight is 232 g/mol. The molecule has 90 valence electrons. The van der Waals surface area contributed by atoms with Crippen LogP contribution in [-0.2, 0) is 6.42 Å². The van der Waals surface area contributed by atoms with E-state index in [9.17, 15) is 5.11 Å². The molecule has 4 heteroatoms. The highest BCUT2D eigenvalue weighted by atomic mass is 16.5. The lowest BCUT2D eigenvalue weighted by atomic mass is 9.92. The Morgan fingerprint density at radius 1 is 1.24 bits per heavy atom. The minimum absolute atomic E-state index is 0.111. The Morgan fingerprint density at radius 3 is 2.59 bits per heavy atom. The molecule has 1 heterocycles. The zero-order valence-corrected chi connectivity index (χ0v) is 10.3. The molecule has 4 nitrogen and oxygen atoms in total. The largest absolute Gasteiger partial charge is 0.507 e. The van der Waals surface area contributed by atoms with Crippen LogP contribution in [-0.4, -0.2) is 15.2 Å². The normalized spacial score (nSPS) is 11.7. The summed E-state index contributed by atoms with van der Waals surface area (Å²) in [7, 11) is 0. The summed E-state index contributed by atoms with van der Waals surface area (Å²) < 4.78 is 5.16. The van der Waals surface area contributed by atoms with E-state index in [1.807, 2.05) is 6.07 Å². The SMILES string of the molecule is CC(C)(C)Cc1noc(-c2ccccc2O)n1. The van der Waals surface area contributed by atoms with Gasteiger partial charge in [-0.3, -0.25) is 0 Å². The first-order chi connectivity index (χ1) is 7.96. The number of nitrogens with zero attached hydrogens (tertiary/aromatic N) is 2. The van der Waals surface area contributed by atoms with E-state index in [0.29, 0.717) is 17.3 Å². The van der Waals surface area contributed by atoms with Gasteiger partial charge in [0, 0.05) is 6.42 Å². The molecule has 0 atom stereocenters. The van der Waals surface area contributed by atoms with Gasteiger partial charge in [0.05, 0.1) is 5.56 Å². The third kappa shape index (κ3) is 2.84. The van der Waals surface area contributed by atoms with Gasteiger partial charge in [0.25, 0.3) is 5.89 Å². The van der Waals surface area contributed by atoms with E-state index >= 15 is 0 Å². The molecule has 0 saturated carbocycles. The Labute approximate surface area is 100 Å². The molecule has 17 heavy (non-hydrogen) atoms. The van der Waals surface area contributed by atoms with Crippen molar-refractivity contribution in [2.75, 3.05) is 0 Å². The second kappa shape index (κ2) is 4.20. The minimum Gasteiger partial charge on any atom is -0.507 e. The van der Waals surface area contributed by atoms with Crippen molar-refractivity contribution in [2.24, 2.45) is 5.41 Å². The van der Waals surface area contributed by atoms with Crippen LogP contribution >= 0.6 is 0 Å². The highest BCUT2D eigenvalue weighted by molar-refractivity contribution is 5.61. The summed E-state index contributed by atoms with van der Waals surface area (Å²) >= 11 is 0. The van der Waals surface area contributed by atoms with Gasteiger partial charge in [0.2, 0.25) is 0 Å². The van der Waals surface area contributed by atoms with Crippen molar-refractivity contribution in [2.45, 2.75) is 27.2 Å². The van der Waals surface area contributed by atoms with Crippen molar-refractivity contribution in [1.82, 2.24) is 10.1 Å². The summed E-state index contributed by atoms with van der Waals surface area (Å²) in [5.41, 5.74) is 0.681.